The number of carbonyl (C=O) groups is 1. The fourth-order valence-corrected chi connectivity index (χ4v) is 4.75. The van der Waals surface area contributed by atoms with E-state index in [2.05, 4.69) is 5.32 Å². The third-order valence-electron chi connectivity index (χ3n) is 4.63. The monoisotopic (exact) mass is 371 g/mol. The molecule has 0 saturated carbocycles. The Morgan fingerprint density at radius 3 is 2.42 bits per heavy atom. The predicted molar refractivity (Wildman–Crippen MR) is 92.4 cm³/mol. The summed E-state index contributed by atoms with van der Waals surface area (Å²) in [6, 6.07) is 6.45. The molecule has 6 nitrogen and oxygen atoms in total. The molecule has 8 heteroatoms. The largest absolute Gasteiger partial charge is 0.340 e. The molecule has 24 heavy (non-hydrogen) atoms. The number of nitrogens with one attached hydrogen (secondary N) is 1. The normalized spacial score (nSPS) is 22.7. The van der Waals surface area contributed by atoms with Crippen molar-refractivity contribution in [2.24, 2.45) is 0 Å². The highest BCUT2D eigenvalue weighted by Crippen LogP contribution is 2.20. The number of hydrogen-bond acceptors (Lipinski definition) is 4. The molecule has 0 spiro atoms. The van der Waals surface area contributed by atoms with Gasteiger partial charge in [-0.1, -0.05) is 11.6 Å². The van der Waals surface area contributed by atoms with Gasteiger partial charge in [0.15, 0.2) is 0 Å². The van der Waals surface area contributed by atoms with Gasteiger partial charge < -0.3 is 10.2 Å². The van der Waals surface area contributed by atoms with Gasteiger partial charge in [-0.05, 0) is 43.7 Å². The summed E-state index contributed by atoms with van der Waals surface area (Å²) in [4.78, 5) is 14.3. The molecule has 1 N–H and O–H groups in total. The van der Waals surface area contributed by atoms with Crippen LogP contribution in [-0.2, 0) is 14.8 Å². The van der Waals surface area contributed by atoms with E-state index in [1.807, 2.05) is 0 Å². The lowest BCUT2D eigenvalue weighted by atomic mass is 10.1. The molecule has 0 aromatic heterocycles. The summed E-state index contributed by atoms with van der Waals surface area (Å²) < 4.78 is 26.7. The van der Waals surface area contributed by atoms with Gasteiger partial charge in [-0.15, -0.1) is 0 Å². The summed E-state index contributed by atoms with van der Waals surface area (Å²) in [5, 5.41) is 3.83. The van der Waals surface area contributed by atoms with Crippen LogP contribution in [0.3, 0.4) is 0 Å². The van der Waals surface area contributed by atoms with Crippen LogP contribution >= 0.6 is 11.6 Å². The van der Waals surface area contributed by atoms with Crippen molar-refractivity contribution in [3.05, 3.63) is 29.3 Å². The topological polar surface area (TPSA) is 69.7 Å². The van der Waals surface area contributed by atoms with Crippen molar-refractivity contribution in [1.82, 2.24) is 14.5 Å². The molecule has 1 unspecified atom stereocenters. The summed E-state index contributed by atoms with van der Waals surface area (Å²) in [6.45, 7) is 2.52. The van der Waals surface area contributed by atoms with Crippen molar-refractivity contribution in [2.45, 2.75) is 30.2 Å². The maximum atomic E-state index is 12.6. The molecular formula is C16H22ClN3O3S. The maximum Gasteiger partial charge on any atom is 0.243 e. The Morgan fingerprint density at radius 1 is 1.17 bits per heavy atom. The highest BCUT2D eigenvalue weighted by molar-refractivity contribution is 7.89. The number of carbonyl (C=O) groups excluding carboxylic acids is 1. The Labute approximate surface area is 147 Å². The van der Waals surface area contributed by atoms with Crippen LogP contribution in [0.15, 0.2) is 29.2 Å². The number of sulfonamides is 1. The molecule has 2 aliphatic rings. The third-order valence-corrected chi connectivity index (χ3v) is 6.79. The van der Waals surface area contributed by atoms with Crippen LogP contribution < -0.4 is 5.32 Å². The highest BCUT2D eigenvalue weighted by atomic mass is 35.5. The van der Waals surface area contributed by atoms with Gasteiger partial charge in [0.05, 0.1) is 4.90 Å². The molecular weight excluding hydrogens is 350 g/mol. The molecule has 132 valence electrons. The van der Waals surface area contributed by atoms with Crippen LogP contribution in [0.4, 0.5) is 0 Å². The van der Waals surface area contributed by atoms with Gasteiger partial charge in [0.1, 0.15) is 0 Å². The lowest BCUT2D eigenvalue weighted by Gasteiger charge is -2.34. The zero-order chi connectivity index (χ0) is 17.2. The van der Waals surface area contributed by atoms with Gasteiger partial charge in [-0.2, -0.15) is 4.31 Å². The smallest absolute Gasteiger partial charge is 0.243 e. The summed E-state index contributed by atoms with van der Waals surface area (Å²) in [5.41, 5.74) is 0. The molecule has 2 saturated heterocycles. The summed E-state index contributed by atoms with van der Waals surface area (Å²) >= 11 is 5.81. The first-order valence-corrected chi connectivity index (χ1v) is 10.1. The lowest BCUT2D eigenvalue weighted by molar-refractivity contribution is -0.132. The minimum atomic E-state index is -3.53. The molecule has 2 aliphatic heterocycles. The molecule has 0 aliphatic carbocycles. The fourth-order valence-electron chi connectivity index (χ4n) is 3.20. The number of benzene rings is 1. The van der Waals surface area contributed by atoms with Crippen molar-refractivity contribution in [1.29, 1.82) is 0 Å². The number of nitrogens with zero attached hydrogens (tertiary/aromatic N) is 2. The van der Waals surface area contributed by atoms with Crippen LogP contribution in [0, 0.1) is 0 Å². The van der Waals surface area contributed by atoms with E-state index in [0.29, 0.717) is 37.6 Å². The van der Waals surface area contributed by atoms with Gasteiger partial charge >= 0.3 is 0 Å². The molecule has 1 aromatic carbocycles. The minimum Gasteiger partial charge on any atom is -0.340 e. The van der Waals surface area contributed by atoms with E-state index in [0.717, 1.165) is 19.4 Å². The number of amides is 1. The molecule has 3 rings (SSSR count). The van der Waals surface area contributed by atoms with Gasteiger partial charge in [-0.3, -0.25) is 4.79 Å². The second kappa shape index (κ2) is 7.39. The maximum absolute atomic E-state index is 12.6. The van der Waals surface area contributed by atoms with Gasteiger partial charge in [0, 0.05) is 43.7 Å². The standard InChI is InChI=1S/C16H22ClN3O3S/c17-13-3-5-15(6-4-13)24(22,23)20-10-8-19(9-11-20)16(21)12-14-2-1-7-18-14/h3-6,14,18H,1-2,7-12H2. The average Bonchev–Trinajstić information content (AvgIpc) is 3.08. The molecule has 1 atom stereocenters. The Bertz CT molecular complexity index is 679. The Morgan fingerprint density at radius 2 is 1.83 bits per heavy atom. The van der Waals surface area contributed by atoms with E-state index in [1.165, 1.54) is 16.4 Å². The highest BCUT2D eigenvalue weighted by Gasteiger charge is 2.31. The number of rotatable bonds is 4. The molecule has 0 bridgehead atoms. The van der Waals surface area contributed by atoms with E-state index in [9.17, 15) is 13.2 Å². The van der Waals surface area contributed by atoms with Gasteiger partial charge in [0.25, 0.3) is 0 Å². The van der Waals surface area contributed by atoms with Crippen molar-refractivity contribution < 1.29 is 13.2 Å². The van der Waals surface area contributed by atoms with E-state index in [4.69, 9.17) is 11.6 Å². The summed E-state index contributed by atoms with van der Waals surface area (Å²) in [5.74, 6) is 0.109. The Balaban J connectivity index is 1.57. The summed E-state index contributed by atoms with van der Waals surface area (Å²) in [7, 11) is -3.53. The van der Waals surface area contributed by atoms with Crippen molar-refractivity contribution >= 4 is 27.5 Å². The number of hydrogen-bond donors (Lipinski definition) is 1. The first kappa shape index (κ1) is 17.7. The first-order valence-electron chi connectivity index (χ1n) is 8.24. The zero-order valence-electron chi connectivity index (χ0n) is 13.4. The van der Waals surface area contributed by atoms with Crippen LogP contribution in [0.1, 0.15) is 19.3 Å². The van der Waals surface area contributed by atoms with E-state index < -0.39 is 10.0 Å². The number of piperazine rings is 1. The van der Waals surface area contributed by atoms with Crippen LogP contribution in [0.2, 0.25) is 5.02 Å². The van der Waals surface area contributed by atoms with Crippen LogP contribution in [-0.4, -0.2) is 62.3 Å². The quantitative estimate of drug-likeness (QED) is 0.866. The Hall–Kier alpha value is -1.15. The SMILES string of the molecule is O=C(CC1CCCN1)N1CCN(S(=O)(=O)c2ccc(Cl)cc2)CC1. The fraction of sp³-hybridized carbons (Fsp3) is 0.562. The predicted octanol–water partition coefficient (Wildman–Crippen LogP) is 1.31. The number of halogens is 1. The van der Waals surface area contributed by atoms with Crippen LogP contribution in [0.25, 0.3) is 0 Å². The van der Waals surface area contributed by atoms with Gasteiger partial charge in [0.2, 0.25) is 15.9 Å². The molecule has 1 amide bonds. The zero-order valence-corrected chi connectivity index (χ0v) is 15.0. The van der Waals surface area contributed by atoms with E-state index >= 15 is 0 Å². The van der Waals surface area contributed by atoms with Crippen molar-refractivity contribution in [2.75, 3.05) is 32.7 Å². The summed E-state index contributed by atoms with van der Waals surface area (Å²) in [6.07, 6.45) is 2.66. The molecule has 2 heterocycles. The molecule has 0 radical (unpaired) electrons. The molecule has 1 aromatic rings. The second-order valence-corrected chi connectivity index (χ2v) is 8.61. The lowest BCUT2D eigenvalue weighted by Crippen LogP contribution is -2.51. The van der Waals surface area contributed by atoms with Crippen LogP contribution in [0.5, 0.6) is 0 Å². The first-order chi connectivity index (χ1) is 11.5. The van der Waals surface area contributed by atoms with Crippen molar-refractivity contribution in [3.8, 4) is 0 Å². The van der Waals surface area contributed by atoms with E-state index in [-0.39, 0.29) is 16.8 Å². The Kier molecular flexibility index (Phi) is 5.44. The third kappa shape index (κ3) is 3.91. The molecule has 2 fully saturated rings. The average molecular weight is 372 g/mol. The van der Waals surface area contributed by atoms with E-state index in [1.54, 1.807) is 17.0 Å². The minimum absolute atomic E-state index is 0.109. The van der Waals surface area contributed by atoms with Gasteiger partial charge in [-0.25, -0.2) is 8.42 Å². The second-order valence-electron chi connectivity index (χ2n) is 6.24. The van der Waals surface area contributed by atoms with Crippen molar-refractivity contribution in [3.63, 3.8) is 0 Å².